The third-order valence-electron chi connectivity index (χ3n) is 3.76. The molecule has 2 aliphatic rings. The number of hydrogen-bond donors (Lipinski definition) is 2. The van der Waals surface area contributed by atoms with Crippen LogP contribution in [0.4, 0.5) is 5.69 Å². The first-order valence-corrected chi connectivity index (χ1v) is 6.43. The van der Waals surface area contributed by atoms with Gasteiger partial charge in [-0.1, -0.05) is 6.07 Å². The monoisotopic (exact) mass is 301 g/mol. The molecule has 3 N–H and O–H groups in total. The first-order chi connectivity index (χ1) is 8.25. The van der Waals surface area contributed by atoms with Gasteiger partial charge in [-0.2, -0.15) is 0 Å². The van der Waals surface area contributed by atoms with E-state index in [4.69, 9.17) is 5.73 Å². The molecule has 19 heavy (non-hydrogen) atoms. The Kier molecular flexibility index (Phi) is 5.50. The highest BCUT2D eigenvalue weighted by Gasteiger charge is 2.28. The van der Waals surface area contributed by atoms with Gasteiger partial charge in [-0.25, -0.2) is 0 Å². The number of fused-ring (bicyclic) bond motifs is 1. The number of nitrogens with two attached hydrogens (primary N) is 1. The van der Waals surface area contributed by atoms with Crippen LogP contribution < -0.4 is 11.1 Å². The van der Waals surface area contributed by atoms with Crippen LogP contribution in [-0.2, 0) is 6.42 Å². The van der Waals surface area contributed by atoms with E-state index in [1.807, 2.05) is 0 Å². The maximum absolute atomic E-state index is 6.22. The summed E-state index contributed by atoms with van der Waals surface area (Å²) in [6.45, 7) is 4.01. The lowest BCUT2D eigenvalue weighted by molar-refractivity contribution is 0.642. The molecule has 1 heterocycles. The topological polar surface area (TPSA) is 50.4 Å². The molecule has 0 fully saturated rings. The van der Waals surface area contributed by atoms with E-state index in [1.165, 1.54) is 29.5 Å². The van der Waals surface area contributed by atoms with Gasteiger partial charge >= 0.3 is 0 Å². The summed E-state index contributed by atoms with van der Waals surface area (Å²) in [5, 5.41) is 3.40. The standard InChI is InChI=1S/C14H19N3.2ClH/c1-9-7-10-3-2-4-11(13(10)12(15)8-9)14-16-5-6-17-14;;/h7-8,11H,2-6,15H2,1H3,(H,16,17);2*1H. The zero-order valence-electron chi connectivity index (χ0n) is 11.1. The average molecular weight is 302 g/mol. The number of amidine groups is 1. The van der Waals surface area contributed by atoms with Gasteiger partial charge in [0, 0.05) is 18.2 Å². The fraction of sp³-hybridized carbons (Fsp3) is 0.500. The second kappa shape index (κ2) is 6.49. The second-order valence-electron chi connectivity index (χ2n) is 5.07. The van der Waals surface area contributed by atoms with Crippen molar-refractivity contribution >= 4 is 36.3 Å². The van der Waals surface area contributed by atoms with Crippen molar-refractivity contribution in [2.24, 2.45) is 4.99 Å². The zero-order valence-corrected chi connectivity index (χ0v) is 12.7. The molecule has 0 radical (unpaired) electrons. The highest BCUT2D eigenvalue weighted by Crippen LogP contribution is 2.37. The number of anilines is 1. The minimum Gasteiger partial charge on any atom is -0.398 e. The Morgan fingerprint density at radius 2 is 2.11 bits per heavy atom. The summed E-state index contributed by atoms with van der Waals surface area (Å²) >= 11 is 0. The van der Waals surface area contributed by atoms with Crippen LogP contribution in [0.25, 0.3) is 0 Å². The van der Waals surface area contributed by atoms with Gasteiger partial charge in [-0.3, -0.25) is 4.99 Å². The molecule has 0 bridgehead atoms. The van der Waals surface area contributed by atoms with E-state index in [2.05, 4.69) is 29.4 Å². The quantitative estimate of drug-likeness (QED) is 0.784. The number of nitrogen functional groups attached to an aromatic ring is 1. The first kappa shape index (κ1) is 16.1. The van der Waals surface area contributed by atoms with Crippen LogP contribution in [0.3, 0.4) is 0 Å². The van der Waals surface area contributed by atoms with Crippen molar-refractivity contribution in [3.05, 3.63) is 28.8 Å². The molecule has 0 saturated heterocycles. The van der Waals surface area contributed by atoms with Gasteiger partial charge in [0.25, 0.3) is 0 Å². The predicted molar refractivity (Wildman–Crippen MR) is 86.1 cm³/mol. The molecule has 3 nitrogen and oxygen atoms in total. The molecule has 1 unspecified atom stereocenters. The van der Waals surface area contributed by atoms with Crippen LogP contribution in [-0.4, -0.2) is 18.9 Å². The van der Waals surface area contributed by atoms with Crippen molar-refractivity contribution in [2.45, 2.75) is 32.1 Å². The van der Waals surface area contributed by atoms with E-state index in [-0.39, 0.29) is 24.8 Å². The average Bonchev–Trinajstić information content (AvgIpc) is 2.80. The molecular weight excluding hydrogens is 281 g/mol. The minimum atomic E-state index is 0. The molecule has 0 spiro atoms. The molecule has 3 rings (SSSR count). The Hall–Kier alpha value is -0.930. The summed E-state index contributed by atoms with van der Waals surface area (Å²) in [4.78, 5) is 4.57. The molecular formula is C14H21Cl2N3. The number of aliphatic imine (C=N–C) groups is 1. The van der Waals surface area contributed by atoms with Crippen molar-refractivity contribution in [3.63, 3.8) is 0 Å². The second-order valence-corrected chi connectivity index (χ2v) is 5.07. The number of hydrogen-bond acceptors (Lipinski definition) is 3. The SMILES string of the molecule is Cc1cc(N)c2c(c1)CCCC2C1=NCCN1.Cl.Cl. The van der Waals surface area contributed by atoms with Crippen LogP contribution in [0.2, 0.25) is 0 Å². The Labute approximate surface area is 126 Å². The predicted octanol–water partition coefficient (Wildman–Crippen LogP) is 2.84. The fourth-order valence-electron chi connectivity index (χ4n) is 3.10. The van der Waals surface area contributed by atoms with E-state index < -0.39 is 0 Å². The lowest BCUT2D eigenvalue weighted by Crippen LogP contribution is -2.29. The Morgan fingerprint density at radius 1 is 1.32 bits per heavy atom. The van der Waals surface area contributed by atoms with E-state index >= 15 is 0 Å². The van der Waals surface area contributed by atoms with Crippen molar-refractivity contribution < 1.29 is 0 Å². The molecule has 1 aromatic rings. The summed E-state index contributed by atoms with van der Waals surface area (Å²) in [6, 6.07) is 4.38. The van der Waals surface area contributed by atoms with Crippen LogP contribution in [0.15, 0.2) is 17.1 Å². The van der Waals surface area contributed by atoms with Crippen molar-refractivity contribution in [3.8, 4) is 0 Å². The maximum atomic E-state index is 6.22. The molecule has 1 aliphatic heterocycles. The van der Waals surface area contributed by atoms with Gasteiger partial charge in [0.15, 0.2) is 0 Å². The van der Waals surface area contributed by atoms with E-state index in [0.717, 1.165) is 31.0 Å². The summed E-state index contributed by atoms with van der Waals surface area (Å²) in [5.74, 6) is 1.56. The molecule has 0 saturated carbocycles. The smallest absolute Gasteiger partial charge is 0.104 e. The summed E-state index contributed by atoms with van der Waals surface area (Å²) < 4.78 is 0. The summed E-state index contributed by atoms with van der Waals surface area (Å²) in [6.07, 6.45) is 3.57. The number of halogens is 2. The molecule has 0 amide bonds. The molecule has 1 aromatic carbocycles. The molecule has 0 aromatic heterocycles. The third kappa shape index (κ3) is 2.98. The van der Waals surface area contributed by atoms with Crippen molar-refractivity contribution in [1.82, 2.24) is 5.32 Å². The van der Waals surface area contributed by atoms with Crippen LogP contribution in [0.5, 0.6) is 0 Å². The van der Waals surface area contributed by atoms with Crippen LogP contribution in [0, 0.1) is 6.92 Å². The van der Waals surface area contributed by atoms with Crippen molar-refractivity contribution in [2.75, 3.05) is 18.8 Å². The highest BCUT2D eigenvalue weighted by molar-refractivity contribution is 5.92. The van der Waals surface area contributed by atoms with Gasteiger partial charge in [-0.15, -0.1) is 24.8 Å². The number of nitrogens with one attached hydrogen (secondary N) is 1. The molecule has 5 heteroatoms. The molecule has 106 valence electrons. The normalized spacial score (nSPS) is 20.5. The lowest BCUT2D eigenvalue weighted by atomic mass is 9.80. The molecule has 1 atom stereocenters. The van der Waals surface area contributed by atoms with Crippen LogP contribution >= 0.6 is 24.8 Å². The zero-order chi connectivity index (χ0) is 11.8. The van der Waals surface area contributed by atoms with Crippen LogP contribution in [0.1, 0.15) is 35.4 Å². The van der Waals surface area contributed by atoms with E-state index in [0.29, 0.717) is 5.92 Å². The molecule has 1 aliphatic carbocycles. The van der Waals surface area contributed by atoms with Gasteiger partial charge < -0.3 is 11.1 Å². The van der Waals surface area contributed by atoms with Gasteiger partial charge in [-0.05, 0) is 48.9 Å². The first-order valence-electron chi connectivity index (χ1n) is 6.43. The fourth-order valence-corrected chi connectivity index (χ4v) is 3.10. The van der Waals surface area contributed by atoms with Gasteiger partial charge in [0.2, 0.25) is 0 Å². The van der Waals surface area contributed by atoms with Gasteiger partial charge in [0.05, 0.1) is 6.54 Å². The summed E-state index contributed by atoms with van der Waals surface area (Å²) in [7, 11) is 0. The summed E-state index contributed by atoms with van der Waals surface area (Å²) in [5.41, 5.74) is 11.2. The number of aryl methyl sites for hydroxylation is 2. The number of benzene rings is 1. The Bertz CT molecular complexity index is 486. The Morgan fingerprint density at radius 3 is 2.79 bits per heavy atom. The van der Waals surface area contributed by atoms with E-state index in [9.17, 15) is 0 Å². The lowest BCUT2D eigenvalue weighted by Gasteiger charge is -2.27. The van der Waals surface area contributed by atoms with Gasteiger partial charge in [0.1, 0.15) is 5.84 Å². The minimum absolute atomic E-state index is 0. The number of rotatable bonds is 1. The van der Waals surface area contributed by atoms with E-state index in [1.54, 1.807) is 0 Å². The Balaban J connectivity index is 0.000000902. The van der Waals surface area contributed by atoms with Crippen molar-refractivity contribution in [1.29, 1.82) is 0 Å². The number of nitrogens with zero attached hydrogens (tertiary/aromatic N) is 1. The third-order valence-corrected chi connectivity index (χ3v) is 3.76. The highest BCUT2D eigenvalue weighted by atomic mass is 35.5. The largest absolute Gasteiger partial charge is 0.398 e. The maximum Gasteiger partial charge on any atom is 0.104 e.